The normalized spacial score (nSPS) is 12.0. The van der Waals surface area contributed by atoms with Gasteiger partial charge >= 0.3 is 6.18 Å². The highest BCUT2D eigenvalue weighted by molar-refractivity contribution is 5.79. The minimum Gasteiger partial charge on any atom is -0.472 e. The van der Waals surface area contributed by atoms with E-state index in [-0.39, 0.29) is 24.0 Å². The molecule has 0 saturated carbocycles. The molecule has 0 N–H and O–H groups in total. The Morgan fingerprint density at radius 3 is 2.53 bits per heavy atom. The molecule has 0 aromatic carbocycles. The van der Waals surface area contributed by atoms with Crippen LogP contribution < -0.4 is 4.74 Å². The van der Waals surface area contributed by atoms with E-state index in [2.05, 4.69) is 25.0 Å². The summed E-state index contributed by atoms with van der Waals surface area (Å²) in [7, 11) is 3.08. The van der Waals surface area contributed by atoms with E-state index in [1.165, 1.54) is 13.2 Å². The molecule has 0 atom stereocenters. The minimum atomic E-state index is -4.63. The second-order valence-corrected chi connectivity index (χ2v) is 6.64. The van der Waals surface area contributed by atoms with E-state index in [4.69, 9.17) is 4.74 Å². The van der Waals surface area contributed by atoms with Crippen LogP contribution in [-0.2, 0) is 26.9 Å². The monoisotopic (exact) mass is 421 g/mol. The molecule has 4 aromatic heterocycles. The molecule has 0 aliphatic rings. The molecule has 0 saturated heterocycles. The van der Waals surface area contributed by atoms with E-state index >= 15 is 0 Å². The van der Waals surface area contributed by atoms with Gasteiger partial charge in [0.1, 0.15) is 23.5 Å². The molecule has 0 unspecified atom stereocenters. The van der Waals surface area contributed by atoms with E-state index in [1.54, 1.807) is 24.9 Å². The maximum atomic E-state index is 14.6. The third-order valence-corrected chi connectivity index (χ3v) is 4.22. The number of aryl methyl sites for hydroxylation is 3. The summed E-state index contributed by atoms with van der Waals surface area (Å²) in [5, 5.41) is 4.80. The SMILES string of the molecule is Cc1nc(OCc2cnc(-c3nc(C(F)(F)F)cn3C)c(F)c2)c2cn(C)nc2n1. The van der Waals surface area contributed by atoms with Gasteiger partial charge in [-0.2, -0.15) is 23.3 Å². The molecule has 12 heteroatoms. The van der Waals surface area contributed by atoms with E-state index in [9.17, 15) is 17.6 Å². The average Bonchev–Trinajstić information content (AvgIpc) is 3.21. The van der Waals surface area contributed by atoms with E-state index in [0.29, 0.717) is 22.4 Å². The van der Waals surface area contributed by atoms with Gasteiger partial charge in [-0.05, 0) is 13.0 Å². The molecule has 0 radical (unpaired) electrons. The number of rotatable bonds is 4. The number of fused-ring (bicyclic) bond motifs is 1. The van der Waals surface area contributed by atoms with Crippen molar-refractivity contribution in [2.24, 2.45) is 14.1 Å². The molecular formula is C18H15F4N7O. The van der Waals surface area contributed by atoms with E-state index in [1.807, 2.05) is 0 Å². The first-order valence-corrected chi connectivity index (χ1v) is 8.68. The number of hydrogen-bond acceptors (Lipinski definition) is 6. The van der Waals surface area contributed by atoms with Crippen LogP contribution in [0.15, 0.2) is 24.7 Å². The quantitative estimate of drug-likeness (QED) is 0.471. The highest BCUT2D eigenvalue weighted by Crippen LogP contribution is 2.31. The Morgan fingerprint density at radius 1 is 1.10 bits per heavy atom. The van der Waals surface area contributed by atoms with Gasteiger partial charge < -0.3 is 9.30 Å². The summed E-state index contributed by atoms with van der Waals surface area (Å²) in [6.07, 6.45) is -0.835. The zero-order valence-corrected chi connectivity index (χ0v) is 16.1. The summed E-state index contributed by atoms with van der Waals surface area (Å²) in [4.78, 5) is 15.9. The van der Waals surface area contributed by atoms with Crippen molar-refractivity contribution in [3.05, 3.63) is 47.6 Å². The van der Waals surface area contributed by atoms with Crippen LogP contribution in [0, 0.1) is 12.7 Å². The van der Waals surface area contributed by atoms with Crippen molar-refractivity contribution in [1.82, 2.24) is 34.3 Å². The zero-order valence-electron chi connectivity index (χ0n) is 16.1. The first-order chi connectivity index (χ1) is 14.1. The second-order valence-electron chi connectivity index (χ2n) is 6.64. The van der Waals surface area contributed by atoms with Gasteiger partial charge in [0, 0.05) is 38.2 Å². The molecule has 0 spiro atoms. The number of imidazole rings is 1. The number of pyridine rings is 1. The topological polar surface area (TPSA) is 83.5 Å². The molecule has 0 amide bonds. The molecule has 8 nitrogen and oxygen atoms in total. The number of nitrogens with zero attached hydrogens (tertiary/aromatic N) is 7. The summed E-state index contributed by atoms with van der Waals surface area (Å²) >= 11 is 0. The Morgan fingerprint density at radius 2 is 1.87 bits per heavy atom. The summed E-state index contributed by atoms with van der Waals surface area (Å²) in [5.74, 6) is -0.292. The standard InChI is InChI=1S/C18H15F4N7O/c1-9-24-15-11(6-29(3)27-15)17(25-9)30-8-10-4-12(19)14(23-5-10)16-26-13(7-28(16)2)18(20,21)22/h4-7H,8H2,1-3H3. The van der Waals surface area contributed by atoms with Crippen LogP contribution in [0.3, 0.4) is 0 Å². The van der Waals surface area contributed by atoms with Crippen molar-refractivity contribution in [2.75, 3.05) is 0 Å². The summed E-state index contributed by atoms with van der Waals surface area (Å²) < 4.78 is 61.4. The molecule has 156 valence electrons. The minimum absolute atomic E-state index is 0.0565. The van der Waals surface area contributed by atoms with Gasteiger partial charge in [0.25, 0.3) is 0 Å². The molecule has 0 bridgehead atoms. The van der Waals surface area contributed by atoms with Gasteiger partial charge in [-0.25, -0.2) is 19.3 Å². The third kappa shape index (κ3) is 3.67. The van der Waals surface area contributed by atoms with Crippen molar-refractivity contribution in [3.63, 3.8) is 0 Å². The lowest BCUT2D eigenvalue weighted by Crippen LogP contribution is -2.05. The van der Waals surface area contributed by atoms with Crippen molar-refractivity contribution < 1.29 is 22.3 Å². The Balaban J connectivity index is 1.59. The zero-order chi connectivity index (χ0) is 21.6. The first kappa shape index (κ1) is 19.7. The highest BCUT2D eigenvalue weighted by atomic mass is 19.4. The largest absolute Gasteiger partial charge is 0.472 e. The molecule has 4 heterocycles. The van der Waals surface area contributed by atoms with Crippen LogP contribution >= 0.6 is 0 Å². The van der Waals surface area contributed by atoms with Crippen LogP contribution in [0.1, 0.15) is 17.1 Å². The van der Waals surface area contributed by atoms with Gasteiger partial charge in [-0.3, -0.25) is 4.68 Å². The van der Waals surface area contributed by atoms with E-state index < -0.39 is 17.7 Å². The molecule has 0 aliphatic heterocycles. The Kier molecular flexibility index (Phi) is 4.63. The van der Waals surface area contributed by atoms with Crippen LogP contribution in [-0.4, -0.2) is 34.3 Å². The Bertz CT molecular complexity index is 1250. The number of halogens is 4. The summed E-state index contributed by atoms with van der Waals surface area (Å²) in [5.41, 5.74) is -0.567. The smallest absolute Gasteiger partial charge is 0.434 e. The lowest BCUT2D eigenvalue weighted by molar-refractivity contribution is -0.140. The maximum absolute atomic E-state index is 14.6. The fraction of sp³-hybridized carbons (Fsp3) is 0.278. The lowest BCUT2D eigenvalue weighted by Gasteiger charge is -2.08. The van der Waals surface area contributed by atoms with Crippen LogP contribution in [0.2, 0.25) is 0 Å². The Hall–Kier alpha value is -3.57. The molecule has 0 fully saturated rings. The Labute approximate surface area is 167 Å². The third-order valence-electron chi connectivity index (χ3n) is 4.22. The van der Waals surface area contributed by atoms with Crippen LogP contribution in [0.25, 0.3) is 22.6 Å². The lowest BCUT2D eigenvalue weighted by atomic mass is 10.2. The van der Waals surface area contributed by atoms with Crippen LogP contribution in [0.4, 0.5) is 17.6 Å². The van der Waals surface area contributed by atoms with Gasteiger partial charge in [0.2, 0.25) is 5.88 Å². The molecule has 0 aliphatic carbocycles. The van der Waals surface area contributed by atoms with Gasteiger partial charge in [0.05, 0.1) is 0 Å². The van der Waals surface area contributed by atoms with Crippen LogP contribution in [0.5, 0.6) is 5.88 Å². The summed E-state index contributed by atoms with van der Waals surface area (Å²) in [6.45, 7) is 1.64. The van der Waals surface area contributed by atoms with Crippen molar-refractivity contribution in [2.45, 2.75) is 19.7 Å². The molecular weight excluding hydrogens is 406 g/mol. The number of hydrogen-bond donors (Lipinski definition) is 0. The molecule has 4 aromatic rings. The molecule has 30 heavy (non-hydrogen) atoms. The fourth-order valence-electron chi connectivity index (χ4n) is 2.90. The van der Waals surface area contributed by atoms with E-state index in [0.717, 1.165) is 16.8 Å². The average molecular weight is 421 g/mol. The highest BCUT2D eigenvalue weighted by Gasteiger charge is 2.35. The second kappa shape index (κ2) is 7.04. The molecule has 4 rings (SSSR count). The van der Waals surface area contributed by atoms with Crippen molar-refractivity contribution >= 4 is 11.0 Å². The predicted octanol–water partition coefficient (Wildman–Crippen LogP) is 3.20. The number of ether oxygens (including phenoxy) is 1. The van der Waals surface area contributed by atoms with Crippen molar-refractivity contribution in [3.8, 4) is 17.4 Å². The van der Waals surface area contributed by atoms with Gasteiger partial charge in [-0.15, -0.1) is 0 Å². The summed E-state index contributed by atoms with van der Waals surface area (Å²) in [6, 6.07) is 1.14. The predicted molar refractivity (Wildman–Crippen MR) is 96.8 cm³/mol. The van der Waals surface area contributed by atoms with Gasteiger partial charge in [0.15, 0.2) is 23.0 Å². The number of aromatic nitrogens is 7. The fourth-order valence-corrected chi connectivity index (χ4v) is 2.90. The number of alkyl halides is 3. The van der Waals surface area contributed by atoms with Gasteiger partial charge in [-0.1, -0.05) is 0 Å². The maximum Gasteiger partial charge on any atom is 0.434 e. The van der Waals surface area contributed by atoms with Crippen molar-refractivity contribution in [1.29, 1.82) is 0 Å². The first-order valence-electron chi connectivity index (χ1n) is 8.68.